The quantitative estimate of drug-likeness (QED) is 0.824. The molecule has 0 spiro atoms. The van der Waals surface area contributed by atoms with Crippen LogP contribution in [0.15, 0.2) is 18.2 Å². The lowest BCUT2D eigenvalue weighted by molar-refractivity contribution is -0.134. The second kappa shape index (κ2) is 6.15. The van der Waals surface area contributed by atoms with Gasteiger partial charge in [0.05, 0.1) is 18.4 Å². The van der Waals surface area contributed by atoms with Gasteiger partial charge in [0.15, 0.2) is 0 Å². The van der Waals surface area contributed by atoms with Crippen molar-refractivity contribution in [1.29, 1.82) is 5.26 Å². The van der Waals surface area contributed by atoms with Crippen molar-refractivity contribution >= 4 is 5.69 Å². The third-order valence-electron chi connectivity index (χ3n) is 2.31. The van der Waals surface area contributed by atoms with Gasteiger partial charge >= 0.3 is 6.18 Å². The second-order valence-corrected chi connectivity index (χ2v) is 3.64. The van der Waals surface area contributed by atoms with Crippen molar-refractivity contribution < 1.29 is 17.9 Å². The fourth-order valence-corrected chi connectivity index (χ4v) is 1.48. The minimum absolute atomic E-state index is 0.0492. The SMILES string of the molecule is COc1cccc(C#N)c1NCCCC(F)(F)F. The summed E-state index contributed by atoms with van der Waals surface area (Å²) in [6.45, 7) is 0.133. The maximum absolute atomic E-state index is 12.0. The van der Waals surface area contributed by atoms with Gasteiger partial charge in [-0.25, -0.2) is 0 Å². The summed E-state index contributed by atoms with van der Waals surface area (Å²) >= 11 is 0. The summed E-state index contributed by atoms with van der Waals surface area (Å²) in [5.74, 6) is 0.445. The van der Waals surface area contributed by atoms with Gasteiger partial charge in [-0.2, -0.15) is 18.4 Å². The molecule has 0 aromatic heterocycles. The molecule has 1 rings (SSSR count). The normalized spacial score (nSPS) is 10.8. The zero-order valence-electron chi connectivity index (χ0n) is 9.84. The Balaban J connectivity index is 2.64. The van der Waals surface area contributed by atoms with Crippen LogP contribution in [-0.4, -0.2) is 19.8 Å². The number of halogens is 3. The molecule has 1 N–H and O–H groups in total. The number of nitriles is 1. The molecule has 0 aliphatic rings. The Morgan fingerprint density at radius 3 is 2.67 bits per heavy atom. The lowest BCUT2D eigenvalue weighted by Gasteiger charge is -2.13. The molecule has 98 valence electrons. The molecule has 3 nitrogen and oxygen atoms in total. The van der Waals surface area contributed by atoms with Gasteiger partial charge in [0.2, 0.25) is 0 Å². The van der Waals surface area contributed by atoms with E-state index in [4.69, 9.17) is 10.00 Å². The first-order chi connectivity index (χ1) is 8.48. The molecule has 1 aromatic rings. The molecule has 0 radical (unpaired) electrons. The van der Waals surface area contributed by atoms with E-state index in [1.54, 1.807) is 18.2 Å². The molecule has 1 aromatic carbocycles. The van der Waals surface area contributed by atoms with E-state index < -0.39 is 12.6 Å². The Morgan fingerprint density at radius 2 is 2.11 bits per heavy atom. The van der Waals surface area contributed by atoms with Crippen LogP contribution in [-0.2, 0) is 0 Å². The predicted molar refractivity (Wildman–Crippen MR) is 61.5 cm³/mol. The smallest absolute Gasteiger partial charge is 0.389 e. The number of benzene rings is 1. The monoisotopic (exact) mass is 258 g/mol. The van der Waals surface area contributed by atoms with E-state index in [2.05, 4.69) is 5.32 Å². The van der Waals surface area contributed by atoms with Crippen LogP contribution in [0.2, 0.25) is 0 Å². The minimum atomic E-state index is -4.15. The minimum Gasteiger partial charge on any atom is -0.495 e. The Labute approximate surface area is 103 Å². The molecular formula is C12H13F3N2O. The van der Waals surface area contributed by atoms with E-state index in [9.17, 15) is 13.2 Å². The first kappa shape index (κ1) is 14.2. The summed E-state index contributed by atoms with van der Waals surface area (Å²) in [5, 5.41) is 11.7. The fraction of sp³-hybridized carbons (Fsp3) is 0.417. The largest absolute Gasteiger partial charge is 0.495 e. The van der Waals surface area contributed by atoms with Crippen molar-refractivity contribution in [1.82, 2.24) is 0 Å². The highest BCUT2D eigenvalue weighted by atomic mass is 19.4. The molecule has 0 saturated carbocycles. The molecule has 0 atom stereocenters. The lowest BCUT2D eigenvalue weighted by Crippen LogP contribution is -2.11. The maximum atomic E-state index is 12.0. The number of nitrogens with zero attached hydrogens (tertiary/aromatic N) is 1. The number of hydrogen-bond donors (Lipinski definition) is 1. The summed E-state index contributed by atoms with van der Waals surface area (Å²) in [5.41, 5.74) is 0.783. The number of para-hydroxylation sites is 1. The van der Waals surface area contributed by atoms with E-state index in [1.807, 2.05) is 6.07 Å². The van der Waals surface area contributed by atoms with Crippen LogP contribution in [0, 0.1) is 11.3 Å². The Bertz CT molecular complexity index is 438. The van der Waals surface area contributed by atoms with Gasteiger partial charge in [-0.1, -0.05) is 6.07 Å². The standard InChI is InChI=1S/C12H13F3N2O/c1-18-10-5-2-4-9(8-16)11(10)17-7-3-6-12(13,14)15/h2,4-5,17H,3,6-7H2,1H3. The van der Waals surface area contributed by atoms with Crippen LogP contribution in [0.25, 0.3) is 0 Å². The van der Waals surface area contributed by atoms with E-state index in [0.29, 0.717) is 17.0 Å². The lowest BCUT2D eigenvalue weighted by atomic mass is 10.1. The van der Waals surface area contributed by atoms with Gasteiger partial charge in [-0.15, -0.1) is 0 Å². The maximum Gasteiger partial charge on any atom is 0.389 e. The van der Waals surface area contributed by atoms with Gasteiger partial charge in [0.1, 0.15) is 11.8 Å². The number of methoxy groups -OCH3 is 1. The molecular weight excluding hydrogens is 245 g/mol. The van der Waals surface area contributed by atoms with E-state index in [1.165, 1.54) is 7.11 Å². The Hall–Kier alpha value is -1.90. The van der Waals surface area contributed by atoms with Crippen molar-refractivity contribution in [2.45, 2.75) is 19.0 Å². The average Bonchev–Trinajstić information content (AvgIpc) is 2.33. The van der Waals surface area contributed by atoms with Crippen molar-refractivity contribution in [3.8, 4) is 11.8 Å². The van der Waals surface area contributed by atoms with E-state index >= 15 is 0 Å². The highest BCUT2D eigenvalue weighted by Gasteiger charge is 2.25. The van der Waals surface area contributed by atoms with E-state index in [0.717, 1.165) is 0 Å². The first-order valence-corrected chi connectivity index (χ1v) is 5.35. The molecule has 0 amide bonds. The Kier molecular flexibility index (Phi) is 4.84. The van der Waals surface area contributed by atoms with Crippen LogP contribution in [0.5, 0.6) is 5.75 Å². The number of anilines is 1. The second-order valence-electron chi connectivity index (χ2n) is 3.64. The number of rotatable bonds is 5. The molecule has 0 heterocycles. The molecule has 0 unspecified atom stereocenters. The zero-order chi connectivity index (χ0) is 13.6. The number of hydrogen-bond acceptors (Lipinski definition) is 3. The van der Waals surface area contributed by atoms with Crippen LogP contribution in [0.4, 0.5) is 18.9 Å². The predicted octanol–water partition coefficient (Wildman–Crippen LogP) is 3.32. The number of nitrogens with one attached hydrogen (secondary N) is 1. The molecule has 0 bridgehead atoms. The van der Waals surface area contributed by atoms with Gasteiger partial charge in [0, 0.05) is 13.0 Å². The third-order valence-corrected chi connectivity index (χ3v) is 2.31. The summed E-state index contributed by atoms with van der Waals surface area (Å²) in [6.07, 6.45) is -5.05. The van der Waals surface area contributed by atoms with E-state index in [-0.39, 0.29) is 13.0 Å². The fourth-order valence-electron chi connectivity index (χ4n) is 1.48. The van der Waals surface area contributed by atoms with Crippen molar-refractivity contribution in [2.24, 2.45) is 0 Å². The van der Waals surface area contributed by atoms with Crippen LogP contribution >= 0.6 is 0 Å². The summed E-state index contributed by atoms with van der Waals surface area (Å²) in [6, 6.07) is 6.84. The van der Waals surface area contributed by atoms with Gasteiger partial charge in [-0.05, 0) is 18.6 Å². The van der Waals surface area contributed by atoms with Crippen LogP contribution in [0.1, 0.15) is 18.4 Å². The van der Waals surface area contributed by atoms with Crippen molar-refractivity contribution in [2.75, 3.05) is 19.0 Å². The first-order valence-electron chi connectivity index (χ1n) is 5.35. The van der Waals surface area contributed by atoms with Crippen molar-refractivity contribution in [3.05, 3.63) is 23.8 Å². The van der Waals surface area contributed by atoms with Crippen molar-refractivity contribution in [3.63, 3.8) is 0 Å². The molecule has 6 heteroatoms. The highest BCUT2D eigenvalue weighted by Crippen LogP contribution is 2.28. The van der Waals surface area contributed by atoms with Gasteiger partial charge in [0.25, 0.3) is 0 Å². The molecule has 0 fully saturated rings. The summed E-state index contributed by atoms with van der Waals surface area (Å²) in [4.78, 5) is 0. The highest BCUT2D eigenvalue weighted by molar-refractivity contribution is 5.66. The molecule has 0 aliphatic carbocycles. The van der Waals surface area contributed by atoms with Gasteiger partial charge < -0.3 is 10.1 Å². The summed E-state index contributed by atoms with van der Waals surface area (Å²) in [7, 11) is 1.44. The molecule has 0 saturated heterocycles. The number of ether oxygens (including phenoxy) is 1. The zero-order valence-corrected chi connectivity index (χ0v) is 9.84. The Morgan fingerprint density at radius 1 is 1.39 bits per heavy atom. The number of alkyl halides is 3. The molecule has 18 heavy (non-hydrogen) atoms. The van der Waals surface area contributed by atoms with Gasteiger partial charge in [-0.3, -0.25) is 0 Å². The van der Waals surface area contributed by atoms with Crippen LogP contribution in [0.3, 0.4) is 0 Å². The topological polar surface area (TPSA) is 45.0 Å². The summed E-state index contributed by atoms with van der Waals surface area (Å²) < 4.78 is 41.0. The third kappa shape index (κ3) is 4.17. The average molecular weight is 258 g/mol. The molecule has 0 aliphatic heterocycles. The van der Waals surface area contributed by atoms with Crippen LogP contribution < -0.4 is 10.1 Å².